The highest BCUT2D eigenvalue weighted by molar-refractivity contribution is 7.10. The Balaban J connectivity index is 2.00. The molecule has 0 aliphatic heterocycles. The second kappa shape index (κ2) is 7.21. The molecule has 1 atom stereocenters. The van der Waals surface area contributed by atoms with Gasteiger partial charge in [0, 0.05) is 9.75 Å². The van der Waals surface area contributed by atoms with Crippen molar-refractivity contribution in [3.63, 3.8) is 0 Å². The van der Waals surface area contributed by atoms with Crippen molar-refractivity contribution in [3.8, 4) is 0 Å². The average molecular weight is 309 g/mol. The molecule has 0 aliphatic carbocycles. The van der Waals surface area contributed by atoms with Gasteiger partial charge in [-0.2, -0.15) is 0 Å². The van der Waals surface area contributed by atoms with Crippen molar-refractivity contribution >= 4 is 34.6 Å². The van der Waals surface area contributed by atoms with E-state index in [0.717, 1.165) is 9.75 Å². The molecule has 20 heavy (non-hydrogen) atoms. The van der Waals surface area contributed by atoms with Crippen LogP contribution in [0.25, 0.3) is 0 Å². The Morgan fingerprint density at radius 3 is 2.60 bits per heavy atom. The van der Waals surface area contributed by atoms with Gasteiger partial charge >= 0.3 is 5.97 Å². The van der Waals surface area contributed by atoms with Crippen LogP contribution in [0.3, 0.4) is 0 Å². The van der Waals surface area contributed by atoms with Crippen LogP contribution in [0.2, 0.25) is 0 Å². The third kappa shape index (κ3) is 4.18. The molecule has 0 aromatic carbocycles. The summed E-state index contributed by atoms with van der Waals surface area (Å²) in [7, 11) is 1.35. The minimum Gasteiger partial charge on any atom is -0.469 e. The summed E-state index contributed by atoms with van der Waals surface area (Å²) in [5.41, 5.74) is 0. The number of amides is 1. The first kappa shape index (κ1) is 14.7. The summed E-state index contributed by atoms with van der Waals surface area (Å²) in [6, 6.07) is 7.32. The number of hydrogen-bond acceptors (Lipinski definition) is 5. The number of ether oxygens (including phenoxy) is 1. The summed E-state index contributed by atoms with van der Waals surface area (Å²) in [5.74, 6) is -0.422. The molecule has 0 spiro atoms. The highest BCUT2D eigenvalue weighted by Gasteiger charge is 2.20. The Morgan fingerprint density at radius 1 is 1.25 bits per heavy atom. The van der Waals surface area contributed by atoms with Crippen molar-refractivity contribution in [2.45, 2.75) is 18.9 Å². The van der Waals surface area contributed by atoms with E-state index < -0.39 is 0 Å². The van der Waals surface area contributed by atoms with E-state index in [-0.39, 0.29) is 24.3 Å². The molecule has 2 rings (SSSR count). The van der Waals surface area contributed by atoms with Gasteiger partial charge in [-0.25, -0.2) is 0 Å². The fourth-order valence-corrected chi connectivity index (χ4v) is 3.26. The topological polar surface area (TPSA) is 55.4 Å². The van der Waals surface area contributed by atoms with Crippen LogP contribution >= 0.6 is 22.7 Å². The lowest BCUT2D eigenvalue weighted by molar-refractivity contribution is -0.141. The van der Waals surface area contributed by atoms with E-state index in [1.807, 2.05) is 35.0 Å². The summed E-state index contributed by atoms with van der Waals surface area (Å²) in [4.78, 5) is 25.4. The predicted octanol–water partition coefficient (Wildman–Crippen LogP) is 2.77. The van der Waals surface area contributed by atoms with E-state index in [1.165, 1.54) is 18.4 Å². The normalized spacial score (nSPS) is 11.8. The smallest absolute Gasteiger partial charge is 0.307 e. The lowest BCUT2D eigenvalue weighted by atomic mass is 10.1. The van der Waals surface area contributed by atoms with Gasteiger partial charge < -0.3 is 10.1 Å². The molecule has 1 unspecified atom stereocenters. The zero-order valence-electron chi connectivity index (χ0n) is 11.0. The van der Waals surface area contributed by atoms with Crippen LogP contribution in [0.1, 0.15) is 22.2 Å². The summed E-state index contributed by atoms with van der Waals surface area (Å²) >= 11 is 3.06. The van der Waals surface area contributed by atoms with Crippen LogP contribution in [-0.4, -0.2) is 19.0 Å². The number of thiophene rings is 2. The number of nitrogens with one attached hydrogen (secondary N) is 1. The largest absolute Gasteiger partial charge is 0.469 e. The number of carbonyl (C=O) groups excluding carboxylic acids is 2. The van der Waals surface area contributed by atoms with Crippen molar-refractivity contribution in [3.05, 3.63) is 44.8 Å². The molecule has 0 aliphatic rings. The molecule has 2 aromatic heterocycles. The molecule has 0 bridgehead atoms. The van der Waals surface area contributed by atoms with E-state index in [2.05, 4.69) is 10.1 Å². The van der Waals surface area contributed by atoms with E-state index >= 15 is 0 Å². The van der Waals surface area contributed by atoms with Crippen molar-refractivity contribution in [1.82, 2.24) is 5.32 Å². The van der Waals surface area contributed by atoms with Gasteiger partial charge in [0.2, 0.25) is 5.91 Å². The SMILES string of the molecule is COC(=O)CC(NC(=O)Cc1cccs1)c1cccs1. The maximum absolute atomic E-state index is 12.0. The van der Waals surface area contributed by atoms with Gasteiger partial charge in [-0.05, 0) is 22.9 Å². The fourth-order valence-electron chi connectivity index (χ4n) is 1.78. The molecule has 2 heterocycles. The van der Waals surface area contributed by atoms with Crippen LogP contribution in [-0.2, 0) is 20.7 Å². The van der Waals surface area contributed by atoms with Crippen LogP contribution in [0.15, 0.2) is 35.0 Å². The molecule has 1 N–H and O–H groups in total. The molecule has 6 heteroatoms. The Kier molecular flexibility index (Phi) is 5.31. The van der Waals surface area contributed by atoms with Gasteiger partial charge in [0.05, 0.1) is 26.0 Å². The molecule has 1 amide bonds. The van der Waals surface area contributed by atoms with Crippen LogP contribution in [0, 0.1) is 0 Å². The first-order chi connectivity index (χ1) is 9.69. The Morgan fingerprint density at radius 2 is 2.00 bits per heavy atom. The second-order valence-electron chi connectivity index (χ2n) is 4.17. The van der Waals surface area contributed by atoms with Gasteiger partial charge in [0.25, 0.3) is 0 Å². The summed E-state index contributed by atoms with van der Waals surface area (Å²) in [5, 5.41) is 6.76. The highest BCUT2D eigenvalue weighted by atomic mass is 32.1. The average Bonchev–Trinajstić information content (AvgIpc) is 3.10. The molecule has 0 radical (unpaired) electrons. The number of esters is 1. The van der Waals surface area contributed by atoms with Crippen molar-refractivity contribution < 1.29 is 14.3 Å². The van der Waals surface area contributed by atoms with Gasteiger partial charge in [0.15, 0.2) is 0 Å². The van der Waals surface area contributed by atoms with Crippen LogP contribution in [0.4, 0.5) is 0 Å². The molecule has 0 saturated heterocycles. The quantitative estimate of drug-likeness (QED) is 0.835. The minimum absolute atomic E-state index is 0.0882. The molecular formula is C14H15NO3S2. The first-order valence-corrected chi connectivity index (χ1v) is 7.87. The Hall–Kier alpha value is -1.66. The molecule has 0 fully saturated rings. The van der Waals surface area contributed by atoms with E-state index in [1.54, 1.807) is 11.3 Å². The lowest BCUT2D eigenvalue weighted by Gasteiger charge is -2.16. The summed E-state index contributed by atoms with van der Waals surface area (Å²) < 4.78 is 4.68. The summed E-state index contributed by atoms with van der Waals surface area (Å²) in [6.45, 7) is 0. The van der Waals surface area contributed by atoms with Gasteiger partial charge in [0.1, 0.15) is 0 Å². The second-order valence-corrected chi connectivity index (χ2v) is 6.18. The van der Waals surface area contributed by atoms with Crippen molar-refractivity contribution in [2.75, 3.05) is 7.11 Å². The van der Waals surface area contributed by atoms with E-state index in [9.17, 15) is 9.59 Å². The number of methoxy groups -OCH3 is 1. The molecule has 0 saturated carbocycles. The highest BCUT2D eigenvalue weighted by Crippen LogP contribution is 2.22. The number of rotatable bonds is 6. The third-order valence-corrected chi connectivity index (χ3v) is 4.60. The fraction of sp³-hybridized carbons (Fsp3) is 0.286. The summed E-state index contributed by atoms with van der Waals surface area (Å²) in [6.07, 6.45) is 0.480. The zero-order chi connectivity index (χ0) is 14.4. The van der Waals surface area contributed by atoms with E-state index in [0.29, 0.717) is 6.42 Å². The van der Waals surface area contributed by atoms with Crippen LogP contribution in [0.5, 0.6) is 0 Å². The van der Waals surface area contributed by atoms with Gasteiger partial charge in [-0.1, -0.05) is 12.1 Å². The third-order valence-electron chi connectivity index (χ3n) is 2.74. The van der Waals surface area contributed by atoms with Crippen LogP contribution < -0.4 is 5.32 Å². The Bertz CT molecular complexity index is 549. The van der Waals surface area contributed by atoms with Gasteiger partial charge in [-0.15, -0.1) is 22.7 Å². The molecule has 2 aromatic rings. The maximum atomic E-state index is 12.0. The number of carbonyl (C=O) groups is 2. The molecule has 4 nitrogen and oxygen atoms in total. The lowest BCUT2D eigenvalue weighted by Crippen LogP contribution is -2.31. The maximum Gasteiger partial charge on any atom is 0.307 e. The molecular weight excluding hydrogens is 294 g/mol. The monoisotopic (exact) mass is 309 g/mol. The van der Waals surface area contributed by atoms with E-state index in [4.69, 9.17) is 0 Å². The standard InChI is InChI=1S/C14H15NO3S2/c1-18-14(17)9-11(12-5-3-7-20-12)15-13(16)8-10-4-2-6-19-10/h2-7,11H,8-9H2,1H3,(H,15,16). The predicted molar refractivity (Wildman–Crippen MR) is 79.9 cm³/mol. The van der Waals surface area contributed by atoms with Gasteiger partial charge in [-0.3, -0.25) is 9.59 Å². The Labute approximate surface area is 125 Å². The molecule has 106 valence electrons. The van der Waals surface area contributed by atoms with Crippen molar-refractivity contribution in [1.29, 1.82) is 0 Å². The zero-order valence-corrected chi connectivity index (χ0v) is 12.6. The van der Waals surface area contributed by atoms with Crippen molar-refractivity contribution in [2.24, 2.45) is 0 Å². The minimum atomic E-state index is -0.333. The first-order valence-electron chi connectivity index (χ1n) is 6.11. The number of hydrogen-bond donors (Lipinski definition) is 1.